The van der Waals surface area contributed by atoms with E-state index in [-0.39, 0.29) is 5.75 Å². The molecular weight excluding hydrogens is 224 g/mol. The van der Waals surface area contributed by atoms with E-state index in [9.17, 15) is 10.2 Å². The van der Waals surface area contributed by atoms with Gasteiger partial charge in [0, 0.05) is 5.56 Å². The highest BCUT2D eigenvalue weighted by molar-refractivity contribution is 5.48. The van der Waals surface area contributed by atoms with E-state index in [1.54, 1.807) is 24.3 Å². The molecule has 1 atom stereocenters. The van der Waals surface area contributed by atoms with Crippen molar-refractivity contribution in [1.29, 1.82) is 0 Å². The molecule has 0 fully saturated rings. The molecule has 0 bridgehead atoms. The van der Waals surface area contributed by atoms with Gasteiger partial charge in [0.25, 0.3) is 0 Å². The first-order valence-corrected chi connectivity index (χ1v) is 5.95. The van der Waals surface area contributed by atoms with Crippen LogP contribution in [0.3, 0.4) is 0 Å². The van der Waals surface area contributed by atoms with Crippen LogP contribution in [0, 0.1) is 0 Å². The van der Waals surface area contributed by atoms with Crippen molar-refractivity contribution < 1.29 is 10.2 Å². The Morgan fingerprint density at radius 2 is 1.61 bits per heavy atom. The van der Waals surface area contributed by atoms with Crippen molar-refractivity contribution >= 4 is 6.08 Å². The molecule has 2 heteroatoms. The number of hydrogen-bond acceptors (Lipinski definition) is 2. The Kier molecular flexibility index (Phi) is 4.15. The summed E-state index contributed by atoms with van der Waals surface area (Å²) in [5.41, 5.74) is 1.66. The van der Waals surface area contributed by atoms with Crippen LogP contribution < -0.4 is 0 Å². The molecule has 1 unspecified atom stereocenters. The molecule has 2 aromatic carbocycles. The molecule has 0 heterocycles. The van der Waals surface area contributed by atoms with Gasteiger partial charge in [-0.25, -0.2) is 0 Å². The number of rotatable bonds is 4. The summed E-state index contributed by atoms with van der Waals surface area (Å²) < 4.78 is 0. The maximum atomic E-state index is 9.97. The number of aliphatic hydroxyl groups is 1. The van der Waals surface area contributed by atoms with Gasteiger partial charge in [-0.2, -0.15) is 0 Å². The molecule has 2 N–H and O–H groups in total. The predicted molar refractivity (Wildman–Crippen MR) is 73.2 cm³/mol. The zero-order valence-electron chi connectivity index (χ0n) is 10.0. The predicted octanol–water partition coefficient (Wildman–Crippen LogP) is 3.53. The van der Waals surface area contributed by atoms with E-state index < -0.39 is 6.10 Å². The molecule has 0 radical (unpaired) electrons. The minimum atomic E-state index is -0.675. The van der Waals surface area contributed by atoms with Gasteiger partial charge in [-0.15, -0.1) is 0 Å². The molecule has 0 aliphatic carbocycles. The maximum absolute atomic E-state index is 9.97. The molecule has 18 heavy (non-hydrogen) atoms. The topological polar surface area (TPSA) is 40.5 Å². The Morgan fingerprint density at radius 3 is 2.33 bits per heavy atom. The third-order valence-corrected chi connectivity index (χ3v) is 2.76. The van der Waals surface area contributed by atoms with Gasteiger partial charge in [0.05, 0.1) is 6.10 Å². The van der Waals surface area contributed by atoms with Crippen molar-refractivity contribution in [3.05, 3.63) is 71.8 Å². The van der Waals surface area contributed by atoms with Crippen LogP contribution in [-0.2, 0) is 0 Å². The minimum absolute atomic E-state index is 0.137. The Balaban J connectivity index is 1.99. The van der Waals surface area contributed by atoms with E-state index in [0.717, 1.165) is 5.56 Å². The Bertz CT molecular complexity index is 518. The lowest BCUT2D eigenvalue weighted by Crippen LogP contribution is -1.95. The second kappa shape index (κ2) is 6.03. The van der Waals surface area contributed by atoms with E-state index >= 15 is 0 Å². The molecule has 0 amide bonds. The smallest absolute Gasteiger partial charge is 0.121 e. The van der Waals surface area contributed by atoms with Crippen LogP contribution in [0.4, 0.5) is 0 Å². The number of para-hydroxylation sites is 1. The van der Waals surface area contributed by atoms with Crippen LogP contribution in [0.25, 0.3) is 6.08 Å². The van der Waals surface area contributed by atoms with E-state index in [1.807, 2.05) is 42.5 Å². The zero-order valence-corrected chi connectivity index (χ0v) is 10.0. The zero-order chi connectivity index (χ0) is 12.8. The van der Waals surface area contributed by atoms with Gasteiger partial charge in [0.2, 0.25) is 0 Å². The van der Waals surface area contributed by atoms with Gasteiger partial charge in [0.1, 0.15) is 5.75 Å². The molecule has 2 aromatic rings. The molecule has 0 aromatic heterocycles. The van der Waals surface area contributed by atoms with Crippen molar-refractivity contribution in [2.45, 2.75) is 12.5 Å². The number of phenols is 1. The number of phenolic OH excluding ortho intramolecular Hbond substituents is 1. The fraction of sp³-hybridized carbons (Fsp3) is 0.125. The van der Waals surface area contributed by atoms with Crippen LogP contribution in [0.2, 0.25) is 0 Å². The van der Waals surface area contributed by atoms with Gasteiger partial charge in [-0.3, -0.25) is 0 Å². The van der Waals surface area contributed by atoms with Crippen molar-refractivity contribution in [1.82, 2.24) is 0 Å². The minimum Gasteiger partial charge on any atom is -0.508 e. The van der Waals surface area contributed by atoms with Gasteiger partial charge in [-0.1, -0.05) is 60.7 Å². The lowest BCUT2D eigenvalue weighted by molar-refractivity contribution is 0.178. The first kappa shape index (κ1) is 12.4. The largest absolute Gasteiger partial charge is 0.508 e. The molecule has 92 valence electrons. The Labute approximate surface area is 107 Å². The molecule has 0 spiro atoms. The highest BCUT2D eigenvalue weighted by atomic mass is 16.3. The molecule has 0 aliphatic rings. The van der Waals surface area contributed by atoms with Gasteiger partial charge < -0.3 is 10.2 Å². The summed E-state index contributed by atoms with van der Waals surface area (Å²) in [6, 6.07) is 16.8. The summed E-state index contributed by atoms with van der Waals surface area (Å²) in [7, 11) is 0. The van der Waals surface area contributed by atoms with Gasteiger partial charge in [0.15, 0.2) is 0 Å². The van der Waals surface area contributed by atoms with E-state index in [1.165, 1.54) is 0 Å². The molecular formula is C16H16O2. The van der Waals surface area contributed by atoms with Gasteiger partial charge in [-0.05, 0) is 18.1 Å². The number of aliphatic hydroxyl groups excluding tert-OH is 1. The molecule has 0 saturated carbocycles. The van der Waals surface area contributed by atoms with E-state index in [4.69, 9.17) is 0 Å². The maximum Gasteiger partial charge on any atom is 0.121 e. The average Bonchev–Trinajstić information content (AvgIpc) is 2.40. The van der Waals surface area contributed by atoms with Crippen LogP contribution in [0.5, 0.6) is 5.75 Å². The fourth-order valence-corrected chi connectivity index (χ4v) is 1.79. The average molecular weight is 240 g/mol. The number of hydrogen-bond donors (Lipinski definition) is 2. The summed E-state index contributed by atoms with van der Waals surface area (Å²) in [4.78, 5) is 0. The lowest BCUT2D eigenvalue weighted by Gasteiger charge is -2.09. The Hall–Kier alpha value is -2.06. The molecule has 0 aliphatic heterocycles. The molecule has 2 rings (SSSR count). The SMILES string of the molecule is Oc1ccccc1C(O)C/C=C/c1ccccc1. The number of benzene rings is 2. The summed E-state index contributed by atoms with van der Waals surface area (Å²) in [6.07, 6.45) is 3.67. The quantitative estimate of drug-likeness (QED) is 0.858. The van der Waals surface area contributed by atoms with Crippen molar-refractivity contribution in [2.75, 3.05) is 0 Å². The fourth-order valence-electron chi connectivity index (χ4n) is 1.79. The second-order valence-electron chi connectivity index (χ2n) is 4.12. The summed E-state index contributed by atoms with van der Waals surface area (Å²) in [5, 5.41) is 19.6. The van der Waals surface area contributed by atoms with Crippen molar-refractivity contribution in [2.24, 2.45) is 0 Å². The summed E-state index contributed by atoms with van der Waals surface area (Å²) in [6.45, 7) is 0. The van der Waals surface area contributed by atoms with Crippen LogP contribution in [-0.4, -0.2) is 10.2 Å². The third kappa shape index (κ3) is 3.22. The monoisotopic (exact) mass is 240 g/mol. The lowest BCUT2D eigenvalue weighted by atomic mass is 10.0. The number of aromatic hydroxyl groups is 1. The van der Waals surface area contributed by atoms with Crippen LogP contribution >= 0.6 is 0 Å². The second-order valence-corrected chi connectivity index (χ2v) is 4.12. The molecule has 2 nitrogen and oxygen atoms in total. The van der Waals surface area contributed by atoms with Crippen molar-refractivity contribution in [3.8, 4) is 5.75 Å². The molecule has 0 saturated heterocycles. The van der Waals surface area contributed by atoms with E-state index in [2.05, 4.69) is 0 Å². The van der Waals surface area contributed by atoms with Crippen LogP contribution in [0.15, 0.2) is 60.7 Å². The van der Waals surface area contributed by atoms with Crippen molar-refractivity contribution in [3.63, 3.8) is 0 Å². The third-order valence-electron chi connectivity index (χ3n) is 2.76. The summed E-state index contributed by atoms with van der Waals surface area (Å²) in [5.74, 6) is 0.137. The van der Waals surface area contributed by atoms with Crippen LogP contribution in [0.1, 0.15) is 23.7 Å². The first-order chi connectivity index (χ1) is 8.77. The normalized spacial score (nSPS) is 12.7. The summed E-state index contributed by atoms with van der Waals surface area (Å²) >= 11 is 0. The van der Waals surface area contributed by atoms with Gasteiger partial charge >= 0.3 is 0 Å². The standard InChI is InChI=1S/C16H16O2/c17-15-11-5-4-10-14(15)16(18)12-6-9-13-7-2-1-3-8-13/h1-11,16-18H,12H2/b9-6+. The van der Waals surface area contributed by atoms with E-state index in [0.29, 0.717) is 12.0 Å². The first-order valence-electron chi connectivity index (χ1n) is 5.95. The highest BCUT2D eigenvalue weighted by Crippen LogP contribution is 2.26. The highest BCUT2D eigenvalue weighted by Gasteiger charge is 2.09. The Morgan fingerprint density at radius 1 is 0.944 bits per heavy atom.